The molecule has 0 aromatic carbocycles. The largest absolute Gasteiger partial charge is 3.00 e. The van der Waals surface area contributed by atoms with Gasteiger partial charge in [-0.05, 0) is 0 Å². The summed E-state index contributed by atoms with van der Waals surface area (Å²) in [7, 11) is -14.8. The molecule has 0 aromatic heterocycles. The summed E-state index contributed by atoms with van der Waals surface area (Å²) in [6, 6.07) is 0. The molecule has 0 aliphatic carbocycles. The molecule has 0 unspecified atom stereocenters. The Labute approximate surface area is 119 Å². The molecule has 0 bridgehead atoms. The molecule has 12 nitrogen and oxygen atoms in total. The average molecular weight is 387 g/mol. The Balaban J connectivity index is -0.0000000655. The Hall–Kier alpha value is 1.49. The smallest absolute Gasteiger partial charge is 0.222 e. The summed E-state index contributed by atoms with van der Waals surface area (Å²) >= 11 is 0. The second-order valence-corrected chi connectivity index (χ2v) is 3.40. The van der Waals surface area contributed by atoms with Crippen LogP contribution in [0.25, 0.3) is 0 Å². The van der Waals surface area contributed by atoms with E-state index in [-0.39, 0.29) is 32.7 Å². The summed E-state index contributed by atoms with van der Waals surface area (Å²) in [4.78, 5) is 0. The van der Waals surface area contributed by atoms with Crippen LogP contribution >= 0.6 is 0 Å². The van der Waals surface area contributed by atoms with E-state index in [9.17, 15) is 0 Å². The predicted octanol–water partition coefficient (Wildman–Crippen LogP) is -14.3. The Kier molecular flexibility index (Phi) is 17.0. The van der Waals surface area contributed by atoms with Gasteiger partial charge in [-0.2, -0.15) is 0 Å². The van der Waals surface area contributed by atoms with Crippen LogP contribution in [0.2, 0.25) is 0 Å². The summed E-state index contributed by atoms with van der Waals surface area (Å²) in [6.45, 7) is 0. The molecule has 0 saturated heterocycles. The molecule has 0 amide bonds. The van der Waals surface area contributed by atoms with Crippen LogP contribution in [0, 0.1) is 30.7 Å². The minimum absolute atomic E-state index is 0. The summed E-state index contributed by atoms with van der Waals surface area (Å²) in [5.41, 5.74) is 0. The Morgan fingerprint density at radius 3 is 0.312 bits per heavy atom. The maximum atomic E-state index is 8.49. The van der Waals surface area contributed by atoms with Crippen molar-refractivity contribution in [3.63, 3.8) is 0 Å². The van der Waals surface area contributed by atoms with Crippen molar-refractivity contribution in [1.29, 1.82) is 0 Å². The van der Waals surface area contributed by atoms with E-state index < -0.39 is 30.7 Å². The molecule has 0 N–H and O–H groups in total. The van der Waals surface area contributed by atoms with Crippen molar-refractivity contribution >= 4 is 0 Å². The van der Waals surface area contributed by atoms with E-state index in [1.807, 2.05) is 0 Å². The fraction of sp³-hybridized carbons (Fsp3) is 0. The second kappa shape index (κ2) is 10.4. The third kappa shape index (κ3) is 1460. The molecule has 0 rings (SSSR count). The van der Waals surface area contributed by atoms with Gasteiger partial charge in [-0.15, -0.1) is 30.7 Å². The Bertz CT molecular complexity index is 91.3. The van der Waals surface area contributed by atoms with E-state index in [0.717, 1.165) is 0 Å². The van der Waals surface area contributed by atoms with Gasteiger partial charge in [0.15, 0.2) is 0 Å². The molecule has 0 radical (unpaired) electrons. The number of rotatable bonds is 0. The SMILES string of the molecule is [O-][Cl+3]([O-])([O-])[O-].[O-][Cl+3]([O-])([O-])[O-].[O-][Cl+3]([O-])([O-])[O-].[Y+3]. The van der Waals surface area contributed by atoms with E-state index in [1.54, 1.807) is 0 Å². The number of hydrogen-bond donors (Lipinski definition) is 0. The number of halogens is 3. The first-order chi connectivity index (χ1) is 6.00. The third-order valence-corrected chi connectivity index (χ3v) is 0. The van der Waals surface area contributed by atoms with Crippen LogP contribution in [-0.4, -0.2) is 0 Å². The zero-order chi connectivity index (χ0) is 13.5. The van der Waals surface area contributed by atoms with Crippen LogP contribution in [0.5, 0.6) is 0 Å². The molecule has 0 aromatic rings. The summed E-state index contributed by atoms with van der Waals surface area (Å²) < 4.78 is 102. The van der Waals surface area contributed by atoms with Crippen LogP contribution in [0.1, 0.15) is 0 Å². The first kappa shape index (κ1) is 26.1. The Morgan fingerprint density at radius 2 is 0.312 bits per heavy atom. The summed E-state index contributed by atoms with van der Waals surface area (Å²) in [5, 5.41) is 0. The maximum absolute atomic E-state index is 8.49. The van der Waals surface area contributed by atoms with E-state index in [1.165, 1.54) is 0 Å². The normalized spacial score (nSPS) is 11.2. The molecule has 0 aliphatic rings. The van der Waals surface area contributed by atoms with Gasteiger partial charge in [0, 0.05) is 0 Å². The van der Waals surface area contributed by atoms with Gasteiger partial charge in [0.1, 0.15) is 0 Å². The Morgan fingerprint density at radius 1 is 0.312 bits per heavy atom. The minimum atomic E-state index is -4.94. The molecular weight excluding hydrogens is 387 g/mol. The molecule has 0 spiro atoms. The van der Waals surface area contributed by atoms with Gasteiger partial charge < -0.3 is 0 Å². The third-order valence-electron chi connectivity index (χ3n) is 0. The predicted molar refractivity (Wildman–Crippen MR) is 0 cm³/mol. The quantitative estimate of drug-likeness (QED) is 0.374. The minimum Gasteiger partial charge on any atom is -0.222 e. The van der Waals surface area contributed by atoms with Crippen molar-refractivity contribution < 1.29 is 119 Å². The summed E-state index contributed by atoms with van der Waals surface area (Å²) in [6.07, 6.45) is 0. The van der Waals surface area contributed by atoms with Crippen molar-refractivity contribution in [3.8, 4) is 0 Å². The van der Waals surface area contributed by atoms with Gasteiger partial charge in [-0.25, -0.2) is 55.9 Å². The van der Waals surface area contributed by atoms with E-state index in [0.29, 0.717) is 0 Å². The fourth-order valence-electron chi connectivity index (χ4n) is 0. The molecule has 0 saturated carbocycles. The second-order valence-electron chi connectivity index (χ2n) is 1.13. The summed E-state index contributed by atoms with van der Waals surface area (Å²) in [5.74, 6) is 0. The van der Waals surface area contributed by atoms with E-state index in [4.69, 9.17) is 55.9 Å². The van der Waals surface area contributed by atoms with Gasteiger partial charge in [-0.3, -0.25) is 0 Å². The van der Waals surface area contributed by atoms with Gasteiger partial charge in [0.2, 0.25) is 0 Å². The molecule has 0 aliphatic heterocycles. The van der Waals surface area contributed by atoms with Crippen LogP contribution in [0.3, 0.4) is 0 Å². The van der Waals surface area contributed by atoms with Crippen LogP contribution in [-0.2, 0) is 32.7 Å². The molecule has 16 heavy (non-hydrogen) atoms. The molecule has 16 heteroatoms. The first-order valence-electron chi connectivity index (χ1n) is 1.85. The van der Waals surface area contributed by atoms with Crippen molar-refractivity contribution in [2.24, 2.45) is 0 Å². The standard InChI is InChI=1S/3ClHO4.Y/c3*2-1(3,4)5;/h3*(H,2,3,4,5);/q;;;+3/p-3. The van der Waals surface area contributed by atoms with E-state index >= 15 is 0 Å². The van der Waals surface area contributed by atoms with Crippen LogP contribution in [0.4, 0.5) is 0 Å². The van der Waals surface area contributed by atoms with Gasteiger partial charge in [0.05, 0.1) is 0 Å². The molecule has 96 valence electrons. The van der Waals surface area contributed by atoms with Crippen molar-refractivity contribution in [3.05, 3.63) is 0 Å². The first-order valence-corrected chi connectivity index (χ1v) is 5.55. The van der Waals surface area contributed by atoms with Crippen LogP contribution in [0.15, 0.2) is 0 Å². The molecule has 0 atom stereocenters. The molecular formula is Cl3O12Y. The molecule has 0 fully saturated rings. The average Bonchev–Trinajstić information content (AvgIpc) is 1.41. The van der Waals surface area contributed by atoms with Gasteiger partial charge in [-0.1, -0.05) is 0 Å². The van der Waals surface area contributed by atoms with Crippen LogP contribution < -0.4 is 55.9 Å². The van der Waals surface area contributed by atoms with Crippen molar-refractivity contribution in [2.75, 3.05) is 0 Å². The van der Waals surface area contributed by atoms with Gasteiger partial charge >= 0.3 is 32.7 Å². The maximum Gasteiger partial charge on any atom is 3.00 e. The van der Waals surface area contributed by atoms with E-state index in [2.05, 4.69) is 0 Å². The zero-order valence-corrected chi connectivity index (χ0v) is 11.7. The number of hydrogen-bond acceptors (Lipinski definition) is 12. The van der Waals surface area contributed by atoms with Crippen molar-refractivity contribution in [2.45, 2.75) is 0 Å². The topological polar surface area (TPSA) is 277 Å². The van der Waals surface area contributed by atoms with Crippen molar-refractivity contribution in [1.82, 2.24) is 0 Å². The zero-order valence-electron chi connectivity index (χ0n) is 6.61. The van der Waals surface area contributed by atoms with Gasteiger partial charge in [0.25, 0.3) is 0 Å². The monoisotopic (exact) mass is 386 g/mol. The molecule has 0 heterocycles. The fourth-order valence-corrected chi connectivity index (χ4v) is 0.